The van der Waals surface area contributed by atoms with Crippen LogP contribution in [0.2, 0.25) is 0 Å². The summed E-state index contributed by atoms with van der Waals surface area (Å²) in [5.41, 5.74) is 3.78. The van der Waals surface area contributed by atoms with Gasteiger partial charge in [0.15, 0.2) is 0 Å². The second-order valence-corrected chi connectivity index (χ2v) is 7.96. The summed E-state index contributed by atoms with van der Waals surface area (Å²) in [7, 11) is 1.60. The fourth-order valence-corrected chi connectivity index (χ4v) is 4.45. The van der Waals surface area contributed by atoms with Crippen molar-refractivity contribution in [2.75, 3.05) is 7.11 Å². The Morgan fingerprint density at radius 1 is 1.10 bits per heavy atom. The molecule has 0 aliphatic carbocycles. The van der Waals surface area contributed by atoms with E-state index >= 15 is 0 Å². The molecule has 2 heterocycles. The third-order valence-corrected chi connectivity index (χ3v) is 6.16. The van der Waals surface area contributed by atoms with Crippen molar-refractivity contribution >= 4 is 22.3 Å². The number of thiophene rings is 1. The van der Waals surface area contributed by atoms with Crippen LogP contribution in [0, 0.1) is 0 Å². The van der Waals surface area contributed by atoms with Crippen molar-refractivity contribution in [1.82, 2.24) is 0 Å². The lowest BCUT2D eigenvalue weighted by Crippen LogP contribution is -2.83. The van der Waals surface area contributed by atoms with Crippen LogP contribution in [0.15, 0.2) is 75.3 Å². The van der Waals surface area contributed by atoms with Gasteiger partial charge in [-0.25, -0.2) is 4.79 Å². The van der Waals surface area contributed by atoms with Gasteiger partial charge in [0.1, 0.15) is 23.9 Å². The van der Waals surface area contributed by atoms with Gasteiger partial charge in [-0.2, -0.15) is 0 Å². The molecule has 1 atom stereocenters. The van der Waals surface area contributed by atoms with Gasteiger partial charge in [0.25, 0.3) is 0 Å². The first-order valence-corrected chi connectivity index (χ1v) is 10.6. The van der Waals surface area contributed by atoms with Crippen LogP contribution in [0.4, 0.5) is 0 Å². The summed E-state index contributed by atoms with van der Waals surface area (Å²) in [6.45, 7) is 2.84. The highest BCUT2D eigenvalue weighted by Gasteiger charge is 2.19. The van der Waals surface area contributed by atoms with E-state index in [4.69, 9.17) is 9.15 Å². The maximum Gasteiger partial charge on any atom is 0.336 e. The molecule has 2 aromatic heterocycles. The Morgan fingerprint density at radius 3 is 2.62 bits per heavy atom. The molecule has 4 nitrogen and oxygen atoms in total. The fourth-order valence-electron chi connectivity index (χ4n) is 3.60. The standard InChI is InChI=1S/C24H23NO3S/c1-3-16-6-8-17(9-7-16)24(22-5-4-12-29-22)25-15-18-13-23(26)28-21-14-19(27-2)10-11-20(18)21/h4-14,24-25H,3,15H2,1-2H3/p+1/t24-/m1/s1. The minimum Gasteiger partial charge on any atom is -0.497 e. The van der Waals surface area contributed by atoms with Crippen LogP contribution >= 0.6 is 11.3 Å². The van der Waals surface area contributed by atoms with Gasteiger partial charge in [-0.3, -0.25) is 0 Å². The number of hydrogen-bond acceptors (Lipinski definition) is 4. The first kappa shape index (κ1) is 19.4. The van der Waals surface area contributed by atoms with Gasteiger partial charge in [-0.15, -0.1) is 11.3 Å². The Bertz CT molecular complexity index is 1150. The predicted molar refractivity (Wildman–Crippen MR) is 117 cm³/mol. The molecule has 0 radical (unpaired) electrons. The minimum absolute atomic E-state index is 0.182. The van der Waals surface area contributed by atoms with Gasteiger partial charge in [0.05, 0.1) is 12.0 Å². The molecule has 148 valence electrons. The molecule has 0 aliphatic heterocycles. The van der Waals surface area contributed by atoms with Crippen LogP contribution in [0.25, 0.3) is 11.0 Å². The molecular weight excluding hydrogens is 382 g/mol. The van der Waals surface area contributed by atoms with Crippen LogP contribution < -0.4 is 15.7 Å². The van der Waals surface area contributed by atoms with Crippen LogP contribution in [-0.4, -0.2) is 7.11 Å². The summed E-state index contributed by atoms with van der Waals surface area (Å²) >= 11 is 1.75. The Hall–Kier alpha value is -2.89. The van der Waals surface area contributed by atoms with Gasteiger partial charge in [0, 0.05) is 28.6 Å². The highest BCUT2D eigenvalue weighted by molar-refractivity contribution is 7.10. The number of benzene rings is 2. The smallest absolute Gasteiger partial charge is 0.336 e. The molecule has 0 spiro atoms. The summed E-state index contributed by atoms with van der Waals surface area (Å²) in [5.74, 6) is 0.675. The molecule has 0 saturated carbocycles. The zero-order valence-corrected chi connectivity index (χ0v) is 17.4. The molecule has 2 aromatic carbocycles. The van der Waals surface area contributed by atoms with Crippen molar-refractivity contribution in [1.29, 1.82) is 0 Å². The van der Waals surface area contributed by atoms with Gasteiger partial charge < -0.3 is 14.5 Å². The highest BCUT2D eigenvalue weighted by atomic mass is 32.1. The number of ether oxygens (including phenoxy) is 1. The van der Waals surface area contributed by atoms with E-state index in [1.807, 2.05) is 12.1 Å². The van der Waals surface area contributed by atoms with E-state index in [1.165, 1.54) is 16.0 Å². The quantitative estimate of drug-likeness (QED) is 0.466. The molecule has 4 aromatic rings. The molecule has 29 heavy (non-hydrogen) atoms. The lowest BCUT2D eigenvalue weighted by atomic mass is 10.0. The zero-order chi connectivity index (χ0) is 20.2. The van der Waals surface area contributed by atoms with Crippen molar-refractivity contribution in [3.63, 3.8) is 0 Å². The van der Waals surface area contributed by atoms with Crippen molar-refractivity contribution in [2.45, 2.75) is 25.9 Å². The monoisotopic (exact) mass is 406 g/mol. The molecule has 0 amide bonds. The normalized spacial score (nSPS) is 12.2. The maximum absolute atomic E-state index is 12.1. The van der Waals surface area contributed by atoms with E-state index in [9.17, 15) is 4.79 Å². The molecule has 5 heteroatoms. The average Bonchev–Trinajstić information content (AvgIpc) is 3.28. The van der Waals surface area contributed by atoms with Crippen molar-refractivity contribution in [3.05, 3.63) is 98.0 Å². The van der Waals surface area contributed by atoms with Gasteiger partial charge >= 0.3 is 5.63 Å². The van der Waals surface area contributed by atoms with E-state index in [-0.39, 0.29) is 11.7 Å². The van der Waals surface area contributed by atoms with Gasteiger partial charge in [0.2, 0.25) is 0 Å². The van der Waals surface area contributed by atoms with Crippen molar-refractivity contribution in [3.8, 4) is 5.75 Å². The van der Waals surface area contributed by atoms with E-state index < -0.39 is 0 Å². The van der Waals surface area contributed by atoms with E-state index in [1.54, 1.807) is 30.6 Å². The van der Waals surface area contributed by atoms with Crippen LogP contribution in [0.3, 0.4) is 0 Å². The van der Waals surface area contributed by atoms with Gasteiger partial charge in [-0.05, 0) is 35.6 Å². The second-order valence-electron chi connectivity index (χ2n) is 6.98. The maximum atomic E-state index is 12.1. The van der Waals surface area contributed by atoms with Crippen LogP contribution in [0.1, 0.15) is 34.5 Å². The van der Waals surface area contributed by atoms with Crippen LogP contribution in [0.5, 0.6) is 5.75 Å². The summed E-state index contributed by atoms with van der Waals surface area (Å²) in [4.78, 5) is 13.4. The predicted octanol–water partition coefficient (Wildman–Crippen LogP) is 4.28. The molecular formula is C24H24NO3S+. The first-order chi connectivity index (χ1) is 14.2. The molecule has 0 fully saturated rings. The number of fused-ring (bicyclic) bond motifs is 1. The SMILES string of the molecule is CCc1ccc([C@@H]([NH2+]Cc2cc(=O)oc3cc(OC)ccc23)c2cccs2)cc1. The molecule has 2 N–H and O–H groups in total. The zero-order valence-electron chi connectivity index (χ0n) is 16.6. The lowest BCUT2D eigenvalue weighted by molar-refractivity contribution is -0.701. The topological polar surface area (TPSA) is 56.0 Å². The molecule has 0 unspecified atom stereocenters. The van der Waals surface area contributed by atoms with Crippen molar-refractivity contribution < 1.29 is 14.5 Å². The number of methoxy groups -OCH3 is 1. The highest BCUT2D eigenvalue weighted by Crippen LogP contribution is 2.25. The first-order valence-electron chi connectivity index (χ1n) is 9.74. The Balaban J connectivity index is 1.66. The molecule has 0 saturated heterocycles. The molecule has 4 rings (SSSR count). The third kappa shape index (κ3) is 4.26. The van der Waals surface area contributed by atoms with E-state index in [0.717, 1.165) is 17.4 Å². The van der Waals surface area contributed by atoms with Crippen LogP contribution in [-0.2, 0) is 13.0 Å². The number of aryl methyl sites for hydroxylation is 1. The second kappa shape index (κ2) is 8.64. The molecule has 0 bridgehead atoms. The number of hydrogen-bond donors (Lipinski definition) is 1. The lowest BCUT2D eigenvalue weighted by Gasteiger charge is -2.16. The average molecular weight is 407 g/mol. The minimum atomic E-state index is -0.339. The summed E-state index contributed by atoms with van der Waals surface area (Å²) < 4.78 is 10.6. The van der Waals surface area contributed by atoms with E-state index in [0.29, 0.717) is 17.9 Å². The summed E-state index contributed by atoms with van der Waals surface area (Å²) in [6.07, 6.45) is 1.03. The summed E-state index contributed by atoms with van der Waals surface area (Å²) in [6, 6.07) is 20.5. The number of rotatable bonds is 7. The Morgan fingerprint density at radius 2 is 1.93 bits per heavy atom. The van der Waals surface area contributed by atoms with E-state index in [2.05, 4.69) is 54.0 Å². The Labute approximate surface area is 173 Å². The number of nitrogens with two attached hydrogens (primary N) is 1. The molecule has 0 aliphatic rings. The third-order valence-electron chi connectivity index (χ3n) is 5.21. The largest absolute Gasteiger partial charge is 0.497 e. The summed E-state index contributed by atoms with van der Waals surface area (Å²) in [5, 5.41) is 5.33. The Kier molecular flexibility index (Phi) is 5.79. The number of quaternary nitrogens is 1. The van der Waals surface area contributed by atoms with Gasteiger partial charge in [-0.1, -0.05) is 37.3 Å². The fraction of sp³-hybridized carbons (Fsp3) is 0.208. The van der Waals surface area contributed by atoms with Crippen molar-refractivity contribution in [2.24, 2.45) is 0 Å².